The number of hydrogen-bond donors (Lipinski definition) is 1. The Morgan fingerprint density at radius 2 is 2.15 bits per heavy atom. The van der Waals surface area contributed by atoms with Gasteiger partial charge in [-0.15, -0.1) is 0 Å². The van der Waals surface area contributed by atoms with E-state index in [1.54, 1.807) is 18.2 Å². The van der Waals surface area contributed by atoms with Crippen molar-refractivity contribution in [1.29, 1.82) is 0 Å². The van der Waals surface area contributed by atoms with Crippen LogP contribution in [0.15, 0.2) is 24.3 Å². The fraction of sp³-hybridized carbons (Fsp3) is 0.500. The molecule has 2 rings (SSSR count). The largest absolute Gasteiger partial charge is 0.480 e. The number of aliphatic carboxylic acids is 1. The number of carboxylic acid groups (broad SMARTS) is 1. The van der Waals surface area contributed by atoms with Gasteiger partial charge in [0.15, 0.2) is 0 Å². The molecule has 1 heterocycles. The first-order valence-corrected chi connectivity index (χ1v) is 6.65. The van der Waals surface area contributed by atoms with Crippen LogP contribution >= 0.6 is 0 Å². The Labute approximate surface area is 117 Å². The molecule has 20 heavy (non-hydrogen) atoms. The number of hydrogen-bond acceptors (Lipinski definition) is 4. The molecular formula is C14H18N2O4. The molecule has 1 saturated heterocycles. The lowest BCUT2D eigenvalue weighted by Gasteiger charge is -2.29. The molecule has 6 heteroatoms. The normalized spacial score (nSPS) is 24.5. The molecule has 1 N–H and O–H groups in total. The van der Waals surface area contributed by atoms with Gasteiger partial charge in [-0.25, -0.2) is 0 Å². The molecule has 1 aromatic rings. The second-order valence-corrected chi connectivity index (χ2v) is 5.28. The predicted molar refractivity (Wildman–Crippen MR) is 73.4 cm³/mol. The molecule has 3 atom stereocenters. The van der Waals surface area contributed by atoms with Crippen LogP contribution in [-0.4, -0.2) is 33.5 Å². The predicted octanol–water partition coefficient (Wildman–Crippen LogP) is 2.45. The maximum atomic E-state index is 11.4. The van der Waals surface area contributed by atoms with Crippen LogP contribution in [0.3, 0.4) is 0 Å². The van der Waals surface area contributed by atoms with Crippen LogP contribution < -0.4 is 0 Å². The van der Waals surface area contributed by atoms with Crippen LogP contribution in [0, 0.1) is 16.0 Å². The molecule has 0 radical (unpaired) electrons. The van der Waals surface area contributed by atoms with Gasteiger partial charge in [0.1, 0.15) is 6.04 Å². The van der Waals surface area contributed by atoms with Gasteiger partial charge >= 0.3 is 5.97 Å². The smallest absolute Gasteiger partial charge is 0.321 e. The first kappa shape index (κ1) is 14.5. The summed E-state index contributed by atoms with van der Waals surface area (Å²) in [4.78, 5) is 23.9. The van der Waals surface area contributed by atoms with Crippen molar-refractivity contribution in [3.05, 3.63) is 39.9 Å². The average Bonchev–Trinajstić information content (AvgIpc) is 2.79. The third-order valence-electron chi connectivity index (χ3n) is 4.07. The van der Waals surface area contributed by atoms with Gasteiger partial charge in [0.2, 0.25) is 0 Å². The van der Waals surface area contributed by atoms with E-state index in [4.69, 9.17) is 0 Å². The number of carboxylic acids is 1. The van der Waals surface area contributed by atoms with Gasteiger partial charge in [-0.3, -0.25) is 19.8 Å². The lowest BCUT2D eigenvalue weighted by atomic mass is 10.0. The molecular weight excluding hydrogens is 260 g/mol. The van der Waals surface area contributed by atoms with Crippen molar-refractivity contribution in [2.75, 3.05) is 6.54 Å². The highest BCUT2D eigenvalue weighted by molar-refractivity contribution is 5.74. The Balaban J connectivity index is 2.34. The summed E-state index contributed by atoms with van der Waals surface area (Å²) < 4.78 is 0. The van der Waals surface area contributed by atoms with Crippen molar-refractivity contribution in [2.45, 2.75) is 32.4 Å². The molecule has 1 fully saturated rings. The van der Waals surface area contributed by atoms with Crippen LogP contribution in [0.2, 0.25) is 0 Å². The molecule has 6 nitrogen and oxygen atoms in total. The van der Waals surface area contributed by atoms with Crippen LogP contribution in [0.1, 0.15) is 31.9 Å². The van der Waals surface area contributed by atoms with Crippen molar-refractivity contribution in [1.82, 2.24) is 4.90 Å². The SMILES string of the molecule is CC1CCN(C(C)c2ccccc2[N+](=O)[O-])C1C(=O)O. The monoisotopic (exact) mass is 278 g/mol. The minimum absolute atomic E-state index is 0.0451. The Bertz CT molecular complexity index is 532. The van der Waals surface area contributed by atoms with E-state index in [0.29, 0.717) is 12.1 Å². The van der Waals surface area contributed by atoms with Crippen molar-refractivity contribution in [2.24, 2.45) is 5.92 Å². The first-order valence-electron chi connectivity index (χ1n) is 6.65. The zero-order chi connectivity index (χ0) is 14.9. The Morgan fingerprint density at radius 3 is 2.75 bits per heavy atom. The second kappa shape index (κ2) is 5.58. The van der Waals surface area contributed by atoms with Gasteiger partial charge in [-0.2, -0.15) is 0 Å². The zero-order valence-corrected chi connectivity index (χ0v) is 11.5. The fourth-order valence-electron chi connectivity index (χ4n) is 2.98. The maximum absolute atomic E-state index is 11.4. The Hall–Kier alpha value is -1.95. The number of nitro groups is 1. The lowest BCUT2D eigenvalue weighted by molar-refractivity contribution is -0.386. The first-order chi connectivity index (χ1) is 9.43. The third kappa shape index (κ3) is 2.51. The lowest BCUT2D eigenvalue weighted by Crippen LogP contribution is -2.40. The Kier molecular flexibility index (Phi) is 4.04. The molecule has 3 unspecified atom stereocenters. The van der Waals surface area contributed by atoms with Crippen molar-refractivity contribution in [3.63, 3.8) is 0 Å². The van der Waals surface area contributed by atoms with Crippen LogP contribution in [-0.2, 0) is 4.79 Å². The van der Waals surface area contributed by atoms with E-state index in [9.17, 15) is 20.0 Å². The summed E-state index contributed by atoms with van der Waals surface area (Å²) in [6, 6.07) is 5.66. The van der Waals surface area contributed by atoms with Crippen LogP contribution in [0.4, 0.5) is 5.69 Å². The summed E-state index contributed by atoms with van der Waals surface area (Å²) in [6.07, 6.45) is 0.794. The highest BCUT2D eigenvalue weighted by Crippen LogP contribution is 2.35. The number of nitrogens with zero attached hydrogens (tertiary/aromatic N) is 2. The van der Waals surface area contributed by atoms with Crippen molar-refractivity contribution < 1.29 is 14.8 Å². The number of rotatable bonds is 4. The second-order valence-electron chi connectivity index (χ2n) is 5.28. The topological polar surface area (TPSA) is 83.7 Å². The fourth-order valence-corrected chi connectivity index (χ4v) is 2.98. The molecule has 0 aromatic heterocycles. The van der Waals surface area contributed by atoms with E-state index in [2.05, 4.69) is 0 Å². The maximum Gasteiger partial charge on any atom is 0.321 e. The summed E-state index contributed by atoms with van der Waals surface area (Å²) in [5, 5.41) is 20.4. The number of carbonyl (C=O) groups is 1. The summed E-state index contributed by atoms with van der Waals surface area (Å²) in [5.74, 6) is -0.807. The zero-order valence-electron chi connectivity index (χ0n) is 11.5. The minimum atomic E-state index is -0.861. The Morgan fingerprint density at radius 1 is 1.50 bits per heavy atom. The molecule has 108 valence electrons. The molecule has 0 saturated carbocycles. The van der Waals surface area contributed by atoms with E-state index in [0.717, 1.165) is 6.42 Å². The van der Waals surface area contributed by atoms with E-state index in [1.165, 1.54) is 6.07 Å². The summed E-state index contributed by atoms with van der Waals surface area (Å²) >= 11 is 0. The highest BCUT2D eigenvalue weighted by atomic mass is 16.6. The number of likely N-dealkylation sites (tertiary alicyclic amines) is 1. The average molecular weight is 278 g/mol. The van der Waals surface area contributed by atoms with Crippen LogP contribution in [0.25, 0.3) is 0 Å². The third-order valence-corrected chi connectivity index (χ3v) is 4.07. The molecule has 0 amide bonds. The van der Waals surface area contributed by atoms with E-state index < -0.39 is 16.9 Å². The molecule has 1 aromatic carbocycles. The summed E-state index contributed by atoms with van der Waals surface area (Å²) in [5.41, 5.74) is 0.613. The summed E-state index contributed by atoms with van der Waals surface area (Å²) in [7, 11) is 0. The molecule has 0 aliphatic carbocycles. The van der Waals surface area contributed by atoms with Gasteiger partial charge in [0.05, 0.1) is 4.92 Å². The van der Waals surface area contributed by atoms with Gasteiger partial charge in [0.25, 0.3) is 5.69 Å². The summed E-state index contributed by atoms with van der Waals surface area (Å²) in [6.45, 7) is 4.38. The highest BCUT2D eigenvalue weighted by Gasteiger charge is 2.40. The number of para-hydroxylation sites is 1. The standard InChI is InChI=1S/C14H18N2O4/c1-9-7-8-15(13(9)14(17)18)10(2)11-5-3-4-6-12(11)16(19)20/h3-6,9-10,13H,7-8H2,1-2H3,(H,17,18). The van der Waals surface area contributed by atoms with E-state index in [-0.39, 0.29) is 17.6 Å². The van der Waals surface area contributed by atoms with Gasteiger partial charge in [0, 0.05) is 17.7 Å². The van der Waals surface area contributed by atoms with Crippen molar-refractivity contribution >= 4 is 11.7 Å². The van der Waals surface area contributed by atoms with Gasteiger partial charge in [-0.05, 0) is 25.8 Å². The number of benzene rings is 1. The molecule has 0 bridgehead atoms. The van der Waals surface area contributed by atoms with Crippen molar-refractivity contribution in [3.8, 4) is 0 Å². The van der Waals surface area contributed by atoms with Crippen LogP contribution in [0.5, 0.6) is 0 Å². The molecule has 0 spiro atoms. The molecule has 1 aliphatic heterocycles. The minimum Gasteiger partial charge on any atom is -0.480 e. The molecule has 1 aliphatic rings. The number of nitro benzene ring substituents is 1. The quantitative estimate of drug-likeness (QED) is 0.675. The van der Waals surface area contributed by atoms with Gasteiger partial charge in [-0.1, -0.05) is 25.1 Å². The van der Waals surface area contributed by atoms with Gasteiger partial charge < -0.3 is 5.11 Å². The van der Waals surface area contributed by atoms with E-state index >= 15 is 0 Å². The van der Waals surface area contributed by atoms with E-state index in [1.807, 2.05) is 18.7 Å².